The van der Waals surface area contributed by atoms with Gasteiger partial charge in [0.2, 0.25) is 0 Å². The van der Waals surface area contributed by atoms with Crippen molar-refractivity contribution in [2.75, 3.05) is 35.7 Å². The second kappa shape index (κ2) is 16.6. The first-order valence-corrected chi connectivity index (χ1v) is 14.7. The number of imidazole rings is 1. The molecule has 0 bridgehead atoms. The van der Waals surface area contributed by atoms with Crippen LogP contribution in [0.1, 0.15) is 38.3 Å². The second-order valence-electron chi connectivity index (χ2n) is 9.12. The number of carbonyl (C=O) groups is 2. The molecule has 3 rings (SSSR count). The zero-order valence-electron chi connectivity index (χ0n) is 22.3. The van der Waals surface area contributed by atoms with Crippen LogP contribution in [0.2, 0.25) is 0 Å². The first-order valence-electron chi connectivity index (χ1n) is 13.0. The van der Waals surface area contributed by atoms with E-state index in [9.17, 15) is 19.8 Å². The third-order valence-corrected chi connectivity index (χ3v) is 8.34. The number of aromatic nitrogens is 4. The Balaban J connectivity index is 1.68. The van der Waals surface area contributed by atoms with Crippen LogP contribution >= 0.6 is 0 Å². The third-order valence-electron chi connectivity index (χ3n) is 6.18. The van der Waals surface area contributed by atoms with Gasteiger partial charge in [-0.05, 0) is 24.3 Å². The number of aliphatic hydroxyl groups is 2. The van der Waals surface area contributed by atoms with Gasteiger partial charge in [-0.15, -0.1) is 0 Å². The van der Waals surface area contributed by atoms with Gasteiger partial charge in [0, 0.05) is 48.2 Å². The van der Waals surface area contributed by atoms with Crippen LogP contribution in [0.5, 0.6) is 0 Å². The molecule has 6 atom stereocenters. The number of hydrogen-bond donors (Lipinski definition) is 5. The summed E-state index contributed by atoms with van der Waals surface area (Å²) in [5.74, 6) is 7.13. The molecule has 0 saturated carbocycles. The number of carboxylic acids is 1. The standard InChI is InChI=1S/C24H33N9O7S/c25-17(39-15-34)7-11-41(10-4-2-1-3-9-31-32-26)12-16-20(37)21(38)24(40-16)33-14-30-19-22(28-13-29-23(19)33)27-8-5-6-18(35)36/h13-17,20-21,24,37-38H,1,3,5-12,25H2,(H-,27,28,29,35,36)/p+1/t16-,17?,20?,21+,24-,41?/m1/s1. The maximum atomic E-state index is 10.9. The molecule has 41 heavy (non-hydrogen) atoms. The lowest BCUT2D eigenvalue weighted by molar-refractivity contribution is -0.137. The summed E-state index contributed by atoms with van der Waals surface area (Å²) < 4.78 is 12.5. The zero-order valence-corrected chi connectivity index (χ0v) is 23.1. The van der Waals surface area contributed by atoms with Gasteiger partial charge in [0.1, 0.15) is 36.1 Å². The average Bonchev–Trinajstić information content (AvgIpc) is 3.50. The predicted octanol–water partition coefficient (Wildman–Crippen LogP) is 0.282. The van der Waals surface area contributed by atoms with Crippen LogP contribution in [0, 0.1) is 11.8 Å². The van der Waals surface area contributed by atoms with Crippen LogP contribution in [0.15, 0.2) is 17.8 Å². The van der Waals surface area contributed by atoms with Crippen LogP contribution in [0.3, 0.4) is 0 Å². The Morgan fingerprint density at radius 1 is 1.34 bits per heavy atom. The number of aliphatic carboxylic acids is 1. The normalized spacial score (nSPS) is 21.3. The van der Waals surface area contributed by atoms with E-state index in [1.807, 2.05) is 0 Å². The molecule has 1 saturated heterocycles. The number of unbranched alkanes of at least 4 members (excludes halogenated alkanes) is 1. The summed E-state index contributed by atoms with van der Waals surface area (Å²) in [6.07, 6.45) is -0.138. The minimum atomic E-state index is -1.27. The van der Waals surface area contributed by atoms with E-state index < -0.39 is 47.6 Å². The maximum Gasteiger partial charge on any atom is 0.303 e. The van der Waals surface area contributed by atoms with E-state index in [1.165, 1.54) is 17.2 Å². The predicted molar refractivity (Wildman–Crippen MR) is 149 cm³/mol. The lowest BCUT2D eigenvalue weighted by atomic mass is 10.1. The molecule has 222 valence electrons. The lowest BCUT2D eigenvalue weighted by Crippen LogP contribution is -2.37. The summed E-state index contributed by atoms with van der Waals surface area (Å²) in [5, 5.41) is 37.1. The van der Waals surface area contributed by atoms with Crippen molar-refractivity contribution in [3.05, 3.63) is 23.1 Å². The SMILES string of the molecule is [N-]=[N+]=NCCCC#CC[S+](CCC(N)OC=O)C[C@H]1O[C@@H](n2cnc3c(NCCCC(=O)O)ncnc32)[C@@H](O)C1O. The number of nitrogens with two attached hydrogens (primary N) is 1. The number of fused-ring (bicyclic) bond motifs is 1. The number of hydrogen-bond acceptors (Lipinski definition) is 12. The van der Waals surface area contributed by atoms with Crippen LogP contribution in [-0.4, -0.2) is 102 Å². The molecule has 6 N–H and O–H groups in total. The number of ether oxygens (including phenoxy) is 2. The summed E-state index contributed by atoms with van der Waals surface area (Å²) in [6, 6.07) is 0. The molecule has 0 amide bonds. The van der Waals surface area contributed by atoms with Gasteiger partial charge in [0.25, 0.3) is 6.47 Å². The highest BCUT2D eigenvalue weighted by Crippen LogP contribution is 2.33. The number of nitrogens with one attached hydrogen (secondary N) is 1. The molecule has 1 aliphatic rings. The Morgan fingerprint density at radius 3 is 2.93 bits per heavy atom. The first-order chi connectivity index (χ1) is 19.8. The number of azide groups is 1. The average molecular weight is 593 g/mol. The molecule has 17 heteroatoms. The van der Waals surface area contributed by atoms with Crippen molar-refractivity contribution in [2.24, 2.45) is 10.8 Å². The highest BCUT2D eigenvalue weighted by Gasteiger charge is 2.47. The fraction of sp³-hybridized carbons (Fsp3) is 0.625. The van der Waals surface area contributed by atoms with Gasteiger partial charge in [-0.1, -0.05) is 11.0 Å². The monoisotopic (exact) mass is 592 g/mol. The number of carbonyl (C=O) groups excluding carboxylic acids is 1. The second-order valence-corrected chi connectivity index (χ2v) is 11.4. The summed E-state index contributed by atoms with van der Waals surface area (Å²) in [5.41, 5.74) is 15.0. The Morgan fingerprint density at radius 2 is 2.17 bits per heavy atom. The Labute approximate surface area is 238 Å². The largest absolute Gasteiger partial charge is 0.481 e. The number of carboxylic acid groups (broad SMARTS) is 1. The molecule has 0 spiro atoms. The lowest BCUT2D eigenvalue weighted by Gasteiger charge is -2.17. The topological polar surface area (TPSA) is 244 Å². The van der Waals surface area contributed by atoms with Gasteiger partial charge in [-0.2, -0.15) is 0 Å². The minimum Gasteiger partial charge on any atom is -0.481 e. The number of rotatable bonds is 17. The van der Waals surface area contributed by atoms with Gasteiger partial charge < -0.3 is 30.1 Å². The maximum absolute atomic E-state index is 10.9. The van der Waals surface area contributed by atoms with E-state index in [0.29, 0.717) is 79.5 Å². The molecule has 0 aliphatic carbocycles. The molecule has 1 fully saturated rings. The van der Waals surface area contributed by atoms with Crippen molar-refractivity contribution in [1.82, 2.24) is 19.5 Å². The van der Waals surface area contributed by atoms with E-state index >= 15 is 0 Å². The van der Waals surface area contributed by atoms with Gasteiger partial charge in [0.15, 0.2) is 35.2 Å². The Bertz CT molecular complexity index is 1260. The molecular weight excluding hydrogens is 558 g/mol. The van der Waals surface area contributed by atoms with Crippen molar-refractivity contribution in [3.8, 4) is 11.8 Å². The van der Waals surface area contributed by atoms with Crippen LogP contribution in [-0.2, 0) is 30.0 Å². The zero-order chi connectivity index (χ0) is 29.6. The molecule has 2 aromatic heterocycles. The van der Waals surface area contributed by atoms with Gasteiger partial charge in [-0.3, -0.25) is 19.9 Å². The van der Waals surface area contributed by atoms with E-state index in [-0.39, 0.29) is 6.42 Å². The fourth-order valence-electron chi connectivity index (χ4n) is 4.10. The molecule has 1 aliphatic heterocycles. The minimum absolute atomic E-state index is 0.0117. The molecule has 2 aromatic rings. The van der Waals surface area contributed by atoms with Crippen molar-refractivity contribution in [3.63, 3.8) is 0 Å². The van der Waals surface area contributed by atoms with E-state index in [0.717, 1.165) is 0 Å². The highest BCUT2D eigenvalue weighted by molar-refractivity contribution is 7.97. The third kappa shape index (κ3) is 9.46. The smallest absolute Gasteiger partial charge is 0.303 e. The van der Waals surface area contributed by atoms with Crippen molar-refractivity contribution in [1.29, 1.82) is 0 Å². The first kappa shape index (κ1) is 31.9. The van der Waals surface area contributed by atoms with Gasteiger partial charge in [-0.25, -0.2) is 15.0 Å². The molecule has 3 heterocycles. The fourth-order valence-corrected chi connectivity index (χ4v) is 6.14. The molecule has 0 aromatic carbocycles. The summed E-state index contributed by atoms with van der Waals surface area (Å²) >= 11 is 0. The van der Waals surface area contributed by atoms with E-state index in [1.54, 1.807) is 0 Å². The number of nitrogens with zero attached hydrogens (tertiary/aromatic N) is 7. The summed E-state index contributed by atoms with van der Waals surface area (Å²) in [7, 11) is -0.414. The van der Waals surface area contributed by atoms with Crippen LogP contribution in [0.4, 0.5) is 5.82 Å². The van der Waals surface area contributed by atoms with E-state index in [2.05, 4.69) is 42.1 Å². The molecule has 0 radical (unpaired) electrons. The Hall–Kier alpha value is -3.65. The van der Waals surface area contributed by atoms with Gasteiger partial charge >= 0.3 is 5.97 Å². The van der Waals surface area contributed by atoms with Crippen LogP contribution in [0.25, 0.3) is 21.6 Å². The van der Waals surface area contributed by atoms with Crippen molar-refractivity contribution < 1.29 is 34.4 Å². The van der Waals surface area contributed by atoms with Crippen molar-refractivity contribution >= 4 is 40.3 Å². The van der Waals surface area contributed by atoms with Crippen molar-refractivity contribution in [2.45, 2.75) is 62.9 Å². The highest BCUT2D eigenvalue weighted by atomic mass is 32.2. The Kier molecular flexibility index (Phi) is 12.9. The van der Waals surface area contributed by atoms with E-state index in [4.69, 9.17) is 25.8 Å². The molecule has 3 unspecified atom stereocenters. The molecular formula is C24H34N9O7S+. The quantitative estimate of drug-likeness (QED) is 0.0243. The summed E-state index contributed by atoms with van der Waals surface area (Å²) in [6.45, 7) is 1.04. The number of aliphatic hydroxyl groups excluding tert-OH is 2. The summed E-state index contributed by atoms with van der Waals surface area (Å²) in [4.78, 5) is 36.9. The number of anilines is 1. The van der Waals surface area contributed by atoms with Gasteiger partial charge in [0.05, 0.1) is 6.33 Å². The molecule has 16 nitrogen and oxygen atoms in total. The van der Waals surface area contributed by atoms with Crippen LogP contribution < -0.4 is 11.1 Å².